The van der Waals surface area contributed by atoms with Crippen molar-refractivity contribution < 1.29 is 19.1 Å². The summed E-state index contributed by atoms with van der Waals surface area (Å²) in [5.74, 6) is 0.671. The number of para-hydroxylation sites is 1. The average Bonchev–Trinajstić information content (AvgIpc) is 2.72. The lowest BCUT2D eigenvalue weighted by atomic mass is 10.1. The molecule has 0 aliphatic carbocycles. The number of carbonyl (C=O) groups excluding carboxylic acids is 2. The zero-order chi connectivity index (χ0) is 20.5. The van der Waals surface area contributed by atoms with Gasteiger partial charge in [0, 0.05) is 12.1 Å². The molecule has 0 spiro atoms. The highest BCUT2D eigenvalue weighted by Gasteiger charge is 2.21. The number of hydrogen-bond donors (Lipinski definition) is 2. The number of anilines is 1. The highest BCUT2D eigenvalue weighted by atomic mass is 16.5. The quantitative estimate of drug-likeness (QED) is 0.685. The van der Waals surface area contributed by atoms with Gasteiger partial charge in [0.15, 0.2) is 6.10 Å². The first-order valence-corrected chi connectivity index (χ1v) is 9.49. The predicted octanol–water partition coefficient (Wildman–Crippen LogP) is 4.02. The Morgan fingerprint density at radius 1 is 1.00 bits per heavy atom. The van der Waals surface area contributed by atoms with E-state index in [0.29, 0.717) is 29.2 Å². The van der Waals surface area contributed by atoms with Crippen molar-refractivity contribution in [3.63, 3.8) is 0 Å². The molecule has 6 heteroatoms. The third-order valence-electron chi connectivity index (χ3n) is 4.40. The molecule has 0 unspecified atom stereocenters. The summed E-state index contributed by atoms with van der Waals surface area (Å²) in [7, 11) is 1.57. The fourth-order valence-electron chi connectivity index (χ4n) is 2.57. The van der Waals surface area contributed by atoms with Crippen LogP contribution in [0.1, 0.15) is 44.0 Å². The van der Waals surface area contributed by atoms with Crippen LogP contribution in [0.5, 0.6) is 11.5 Å². The second kappa shape index (κ2) is 10.3. The van der Waals surface area contributed by atoms with Gasteiger partial charge in [-0.05, 0) is 44.0 Å². The molecule has 0 aliphatic heterocycles. The Hall–Kier alpha value is -3.02. The minimum absolute atomic E-state index is 0.0519. The Morgan fingerprint density at radius 2 is 1.71 bits per heavy atom. The van der Waals surface area contributed by atoms with Crippen molar-refractivity contribution >= 4 is 17.5 Å². The van der Waals surface area contributed by atoms with E-state index in [1.165, 1.54) is 0 Å². The lowest BCUT2D eigenvalue weighted by Gasteiger charge is -2.19. The summed E-state index contributed by atoms with van der Waals surface area (Å²) in [6.07, 6.45) is 0.606. The molecule has 0 bridgehead atoms. The monoisotopic (exact) mass is 384 g/mol. The summed E-state index contributed by atoms with van der Waals surface area (Å²) >= 11 is 0. The number of hydrogen-bond acceptors (Lipinski definition) is 4. The zero-order valence-electron chi connectivity index (χ0n) is 16.8. The van der Waals surface area contributed by atoms with E-state index in [9.17, 15) is 9.59 Å². The van der Waals surface area contributed by atoms with E-state index in [1.807, 2.05) is 20.8 Å². The number of benzene rings is 2. The van der Waals surface area contributed by atoms with Crippen molar-refractivity contribution in [2.45, 2.75) is 45.8 Å². The van der Waals surface area contributed by atoms with Crippen LogP contribution in [0.4, 0.5) is 5.69 Å². The molecule has 0 aromatic heterocycles. The van der Waals surface area contributed by atoms with Crippen LogP contribution in [-0.4, -0.2) is 31.1 Å². The van der Waals surface area contributed by atoms with Gasteiger partial charge in [-0.3, -0.25) is 9.59 Å². The van der Waals surface area contributed by atoms with Crippen LogP contribution in [0.2, 0.25) is 0 Å². The van der Waals surface area contributed by atoms with Crippen molar-refractivity contribution in [1.29, 1.82) is 0 Å². The molecule has 0 saturated carbocycles. The van der Waals surface area contributed by atoms with Crippen LogP contribution in [0, 0.1) is 0 Å². The molecule has 0 aliphatic rings. The van der Waals surface area contributed by atoms with Crippen LogP contribution in [-0.2, 0) is 4.79 Å². The second-order valence-electron chi connectivity index (χ2n) is 6.51. The maximum atomic E-state index is 12.8. The number of ether oxygens (including phenoxy) is 2. The van der Waals surface area contributed by atoms with Crippen LogP contribution in [0.25, 0.3) is 0 Å². The molecule has 2 rings (SSSR count). The van der Waals surface area contributed by atoms with Crippen LogP contribution < -0.4 is 20.1 Å². The maximum Gasteiger partial charge on any atom is 0.265 e. The Morgan fingerprint density at radius 3 is 2.39 bits per heavy atom. The maximum absolute atomic E-state index is 12.8. The first-order valence-electron chi connectivity index (χ1n) is 9.49. The van der Waals surface area contributed by atoms with Gasteiger partial charge in [0.25, 0.3) is 11.8 Å². The van der Waals surface area contributed by atoms with E-state index in [-0.39, 0.29) is 17.9 Å². The molecule has 2 N–H and O–H groups in total. The van der Waals surface area contributed by atoms with Gasteiger partial charge in [0.05, 0.1) is 18.4 Å². The van der Waals surface area contributed by atoms with E-state index >= 15 is 0 Å². The summed E-state index contributed by atoms with van der Waals surface area (Å²) in [5.41, 5.74) is 0.883. The Labute approximate surface area is 166 Å². The molecule has 150 valence electrons. The van der Waals surface area contributed by atoms with Crippen molar-refractivity contribution in [3.8, 4) is 11.5 Å². The molecular formula is C22H28N2O4. The van der Waals surface area contributed by atoms with Gasteiger partial charge in [0.2, 0.25) is 0 Å². The van der Waals surface area contributed by atoms with E-state index < -0.39 is 6.10 Å². The Kier molecular flexibility index (Phi) is 7.87. The topological polar surface area (TPSA) is 76.7 Å². The van der Waals surface area contributed by atoms with E-state index in [2.05, 4.69) is 10.6 Å². The fourth-order valence-corrected chi connectivity index (χ4v) is 2.57. The third-order valence-corrected chi connectivity index (χ3v) is 4.40. The van der Waals surface area contributed by atoms with E-state index in [0.717, 1.165) is 6.42 Å². The lowest BCUT2D eigenvalue weighted by molar-refractivity contribution is -0.122. The van der Waals surface area contributed by atoms with Gasteiger partial charge in [-0.15, -0.1) is 0 Å². The summed E-state index contributed by atoms with van der Waals surface area (Å²) < 4.78 is 11.0. The van der Waals surface area contributed by atoms with Gasteiger partial charge in [-0.2, -0.15) is 0 Å². The first kappa shape index (κ1) is 21.3. The van der Waals surface area contributed by atoms with Crippen LogP contribution in [0.15, 0.2) is 48.5 Å². The molecule has 6 nitrogen and oxygen atoms in total. The van der Waals surface area contributed by atoms with E-state index in [1.54, 1.807) is 55.6 Å². The molecule has 28 heavy (non-hydrogen) atoms. The van der Waals surface area contributed by atoms with Crippen molar-refractivity contribution in [2.75, 3.05) is 12.4 Å². The van der Waals surface area contributed by atoms with Gasteiger partial charge in [0.1, 0.15) is 11.5 Å². The summed E-state index contributed by atoms with van der Waals surface area (Å²) in [5, 5.41) is 5.75. The van der Waals surface area contributed by atoms with Gasteiger partial charge < -0.3 is 20.1 Å². The number of methoxy groups -OCH3 is 1. The van der Waals surface area contributed by atoms with Crippen LogP contribution in [0.3, 0.4) is 0 Å². The Bertz CT molecular complexity index is 807. The molecule has 2 atom stereocenters. The highest BCUT2D eigenvalue weighted by Crippen LogP contribution is 2.22. The zero-order valence-corrected chi connectivity index (χ0v) is 16.8. The van der Waals surface area contributed by atoms with Gasteiger partial charge in [-0.25, -0.2) is 0 Å². The largest absolute Gasteiger partial charge is 0.497 e. The molecule has 0 heterocycles. The second-order valence-corrected chi connectivity index (χ2v) is 6.51. The smallest absolute Gasteiger partial charge is 0.265 e. The standard InChI is InChI=1S/C22H28N2O4/c1-5-15(3)23-21(25)18-12-7-8-13-19(18)24-22(26)20(6-2)28-17-11-9-10-16(14-17)27-4/h7-15,20H,5-6H2,1-4H3,(H,23,25)(H,24,26)/t15-,20-/m0/s1. The minimum atomic E-state index is -0.696. The van der Waals surface area contributed by atoms with Gasteiger partial charge >= 0.3 is 0 Å². The molecule has 0 saturated heterocycles. The molecular weight excluding hydrogens is 356 g/mol. The summed E-state index contributed by atoms with van der Waals surface area (Å²) in [6.45, 7) is 5.81. The molecule has 2 aromatic carbocycles. The fraction of sp³-hybridized carbons (Fsp3) is 0.364. The predicted molar refractivity (Wildman–Crippen MR) is 110 cm³/mol. The number of rotatable bonds is 9. The molecule has 2 aromatic rings. The first-order chi connectivity index (χ1) is 13.5. The normalized spacial score (nSPS) is 12.6. The number of carbonyl (C=O) groups is 2. The van der Waals surface area contributed by atoms with E-state index in [4.69, 9.17) is 9.47 Å². The average molecular weight is 384 g/mol. The number of amides is 2. The highest BCUT2D eigenvalue weighted by molar-refractivity contribution is 6.04. The summed E-state index contributed by atoms with van der Waals surface area (Å²) in [6, 6.07) is 14.1. The molecule has 2 amide bonds. The number of nitrogens with one attached hydrogen (secondary N) is 2. The molecule has 0 radical (unpaired) electrons. The SMILES string of the molecule is CC[C@H](Oc1cccc(OC)c1)C(=O)Nc1ccccc1C(=O)N[C@@H](C)CC. The van der Waals surface area contributed by atoms with Crippen molar-refractivity contribution in [1.82, 2.24) is 5.32 Å². The lowest BCUT2D eigenvalue weighted by Crippen LogP contribution is -2.35. The van der Waals surface area contributed by atoms with Gasteiger partial charge in [-0.1, -0.05) is 32.0 Å². The van der Waals surface area contributed by atoms with Crippen molar-refractivity contribution in [3.05, 3.63) is 54.1 Å². The van der Waals surface area contributed by atoms with Crippen molar-refractivity contribution in [2.24, 2.45) is 0 Å². The van der Waals surface area contributed by atoms with Crippen LogP contribution >= 0.6 is 0 Å². The summed E-state index contributed by atoms with van der Waals surface area (Å²) in [4.78, 5) is 25.3. The molecule has 0 fully saturated rings. The minimum Gasteiger partial charge on any atom is -0.497 e. The third kappa shape index (κ3) is 5.74. The Balaban J connectivity index is 2.13.